The van der Waals surface area contributed by atoms with Gasteiger partial charge in [-0.3, -0.25) is 4.79 Å². The second kappa shape index (κ2) is 8.46. The van der Waals surface area contributed by atoms with Crippen LogP contribution in [0.5, 0.6) is 5.75 Å². The summed E-state index contributed by atoms with van der Waals surface area (Å²) in [4.78, 5) is 15.9. The zero-order valence-electron chi connectivity index (χ0n) is 15.7. The van der Waals surface area contributed by atoms with Crippen molar-refractivity contribution < 1.29 is 14.3 Å². The lowest BCUT2D eigenvalue weighted by Gasteiger charge is -2.28. The molecule has 0 unspecified atom stereocenters. The molecule has 1 N–H and O–H groups in total. The van der Waals surface area contributed by atoms with E-state index in [1.165, 1.54) is 11.3 Å². The Morgan fingerprint density at radius 1 is 1.07 bits per heavy atom. The van der Waals surface area contributed by atoms with Gasteiger partial charge in [0.25, 0.3) is 5.91 Å². The Bertz CT molecular complexity index is 932. The molecule has 1 aromatic heterocycles. The average Bonchev–Trinajstić information content (AvgIpc) is 3.21. The summed E-state index contributed by atoms with van der Waals surface area (Å²) in [6, 6.07) is 19.5. The molecule has 0 spiro atoms. The largest absolute Gasteiger partial charge is 0.497 e. The first kappa shape index (κ1) is 18.5. The van der Waals surface area contributed by atoms with Crippen LogP contribution in [0.15, 0.2) is 60.7 Å². The minimum Gasteiger partial charge on any atom is -0.497 e. The number of hydrogen-bond donors (Lipinski definition) is 1. The zero-order valence-corrected chi connectivity index (χ0v) is 16.5. The van der Waals surface area contributed by atoms with Crippen molar-refractivity contribution in [2.75, 3.05) is 43.6 Å². The summed E-state index contributed by atoms with van der Waals surface area (Å²) < 4.78 is 10.7. The molecule has 144 valence electrons. The quantitative estimate of drug-likeness (QED) is 0.692. The minimum absolute atomic E-state index is 0.105. The van der Waals surface area contributed by atoms with Crippen molar-refractivity contribution in [2.45, 2.75) is 0 Å². The second-order valence-electron chi connectivity index (χ2n) is 6.48. The van der Waals surface area contributed by atoms with Crippen molar-refractivity contribution in [1.82, 2.24) is 0 Å². The van der Waals surface area contributed by atoms with Crippen molar-refractivity contribution in [2.24, 2.45) is 0 Å². The molecule has 2 aromatic carbocycles. The number of rotatable bonds is 5. The molecular formula is C22H22N2O3S. The third-order valence-corrected chi connectivity index (χ3v) is 5.86. The van der Waals surface area contributed by atoms with Gasteiger partial charge in [0, 0.05) is 24.3 Å². The maximum absolute atomic E-state index is 12.9. The first-order valence-electron chi connectivity index (χ1n) is 9.22. The Balaban J connectivity index is 1.63. The molecule has 1 aliphatic rings. The number of amides is 1. The van der Waals surface area contributed by atoms with Crippen molar-refractivity contribution in [3.05, 3.63) is 65.5 Å². The molecule has 28 heavy (non-hydrogen) atoms. The first-order valence-corrected chi connectivity index (χ1v) is 10.0. The van der Waals surface area contributed by atoms with Crippen molar-refractivity contribution in [3.8, 4) is 16.9 Å². The van der Waals surface area contributed by atoms with Crippen LogP contribution < -0.4 is 15.0 Å². The van der Waals surface area contributed by atoms with Crippen molar-refractivity contribution in [3.63, 3.8) is 0 Å². The summed E-state index contributed by atoms with van der Waals surface area (Å²) in [6.45, 7) is 3.08. The van der Waals surface area contributed by atoms with Gasteiger partial charge in [-0.05, 0) is 35.9 Å². The molecule has 1 saturated heterocycles. The van der Waals surface area contributed by atoms with Gasteiger partial charge in [-0.25, -0.2) is 0 Å². The third-order valence-electron chi connectivity index (χ3n) is 4.67. The minimum atomic E-state index is -0.105. The third kappa shape index (κ3) is 4.03. The van der Waals surface area contributed by atoms with Gasteiger partial charge < -0.3 is 19.7 Å². The summed E-state index contributed by atoms with van der Waals surface area (Å²) in [6.07, 6.45) is 0. The normalized spacial score (nSPS) is 14.0. The summed E-state index contributed by atoms with van der Waals surface area (Å²) in [5, 5.41) is 4.10. The molecule has 4 rings (SSSR count). The molecule has 1 aliphatic heterocycles. The van der Waals surface area contributed by atoms with E-state index in [9.17, 15) is 4.79 Å². The zero-order chi connectivity index (χ0) is 19.3. The van der Waals surface area contributed by atoms with Crippen LogP contribution in [0, 0.1) is 0 Å². The lowest BCUT2D eigenvalue weighted by atomic mass is 10.1. The maximum Gasteiger partial charge on any atom is 0.265 e. The maximum atomic E-state index is 12.9. The first-order chi connectivity index (χ1) is 13.7. The molecule has 1 fully saturated rings. The van der Waals surface area contributed by atoms with Crippen molar-refractivity contribution >= 4 is 27.9 Å². The number of carbonyl (C=O) groups excluding carboxylic acids is 1. The van der Waals surface area contributed by atoms with Gasteiger partial charge in [0.05, 0.1) is 30.2 Å². The number of nitrogens with one attached hydrogen (secondary N) is 1. The Labute approximate surface area is 168 Å². The number of anilines is 2. The number of ether oxygens (including phenoxy) is 2. The molecule has 0 atom stereocenters. The lowest BCUT2D eigenvalue weighted by molar-refractivity contribution is 0.103. The molecule has 0 radical (unpaired) electrons. The average molecular weight is 394 g/mol. The highest BCUT2D eigenvalue weighted by atomic mass is 32.1. The Hall–Kier alpha value is -2.83. The van der Waals surface area contributed by atoms with E-state index in [1.807, 2.05) is 48.5 Å². The predicted octanol–water partition coefficient (Wildman–Crippen LogP) is 4.51. The highest BCUT2D eigenvalue weighted by Crippen LogP contribution is 2.39. The number of morpholine rings is 1. The Morgan fingerprint density at radius 3 is 2.46 bits per heavy atom. The number of thiophene rings is 1. The van der Waals surface area contributed by atoms with Crippen LogP contribution in [-0.4, -0.2) is 39.3 Å². The topological polar surface area (TPSA) is 50.8 Å². The van der Waals surface area contributed by atoms with E-state index in [4.69, 9.17) is 9.47 Å². The monoisotopic (exact) mass is 394 g/mol. The highest BCUT2D eigenvalue weighted by Gasteiger charge is 2.22. The van der Waals surface area contributed by atoms with E-state index in [0.717, 1.165) is 40.7 Å². The second-order valence-corrected chi connectivity index (χ2v) is 7.51. The number of carbonyl (C=O) groups is 1. The molecule has 3 aromatic rings. The number of nitrogens with zero attached hydrogens (tertiary/aromatic N) is 1. The van der Waals surface area contributed by atoms with E-state index >= 15 is 0 Å². The standard InChI is InChI=1S/C22H22N2O3S/c1-26-18-9-7-17(8-10-18)23-21(25)20-15-19(16-5-3-2-4-6-16)22(28-20)24-11-13-27-14-12-24/h2-10,15H,11-14H2,1H3,(H,23,25). The van der Waals surface area contributed by atoms with Crippen LogP contribution in [0.4, 0.5) is 10.7 Å². The van der Waals surface area contributed by atoms with Crippen LogP contribution in [0.25, 0.3) is 11.1 Å². The number of benzene rings is 2. The Kier molecular flexibility index (Phi) is 5.60. The molecule has 6 heteroatoms. The molecular weight excluding hydrogens is 372 g/mol. The Morgan fingerprint density at radius 2 is 1.79 bits per heavy atom. The summed E-state index contributed by atoms with van der Waals surface area (Å²) in [5.41, 5.74) is 2.95. The summed E-state index contributed by atoms with van der Waals surface area (Å²) in [5.74, 6) is 0.655. The highest BCUT2D eigenvalue weighted by molar-refractivity contribution is 7.18. The van der Waals surface area contributed by atoms with E-state index < -0.39 is 0 Å². The lowest BCUT2D eigenvalue weighted by Crippen LogP contribution is -2.35. The van der Waals surface area contributed by atoms with Gasteiger partial charge in [0.2, 0.25) is 0 Å². The van der Waals surface area contributed by atoms with Gasteiger partial charge in [0.15, 0.2) is 0 Å². The SMILES string of the molecule is COc1ccc(NC(=O)c2cc(-c3ccccc3)c(N3CCOCC3)s2)cc1. The number of methoxy groups -OCH3 is 1. The molecule has 5 nitrogen and oxygen atoms in total. The fourth-order valence-corrected chi connectivity index (χ4v) is 4.31. The van der Waals surface area contributed by atoms with Crippen LogP contribution >= 0.6 is 11.3 Å². The molecule has 2 heterocycles. The van der Waals surface area contributed by atoms with Crippen LogP contribution in [-0.2, 0) is 4.74 Å². The predicted molar refractivity (Wildman–Crippen MR) is 114 cm³/mol. The van der Waals surface area contributed by atoms with E-state index in [1.54, 1.807) is 7.11 Å². The van der Waals surface area contributed by atoms with Crippen LogP contribution in [0.3, 0.4) is 0 Å². The van der Waals surface area contributed by atoms with E-state index in [-0.39, 0.29) is 5.91 Å². The fourth-order valence-electron chi connectivity index (χ4n) is 3.19. The van der Waals surface area contributed by atoms with Gasteiger partial charge >= 0.3 is 0 Å². The summed E-state index contributed by atoms with van der Waals surface area (Å²) in [7, 11) is 1.62. The van der Waals surface area contributed by atoms with Crippen LogP contribution in [0.2, 0.25) is 0 Å². The fraction of sp³-hybridized carbons (Fsp3) is 0.227. The van der Waals surface area contributed by atoms with Gasteiger partial charge in [-0.2, -0.15) is 0 Å². The van der Waals surface area contributed by atoms with E-state index in [0.29, 0.717) is 18.1 Å². The van der Waals surface area contributed by atoms with Gasteiger partial charge in [-0.15, -0.1) is 11.3 Å². The van der Waals surface area contributed by atoms with Crippen LogP contribution in [0.1, 0.15) is 9.67 Å². The molecule has 0 saturated carbocycles. The molecule has 1 amide bonds. The molecule has 0 bridgehead atoms. The van der Waals surface area contributed by atoms with Gasteiger partial charge in [-0.1, -0.05) is 30.3 Å². The van der Waals surface area contributed by atoms with E-state index in [2.05, 4.69) is 22.3 Å². The molecule has 0 aliphatic carbocycles. The smallest absolute Gasteiger partial charge is 0.265 e. The van der Waals surface area contributed by atoms with Gasteiger partial charge in [0.1, 0.15) is 5.75 Å². The van der Waals surface area contributed by atoms with Crippen molar-refractivity contribution in [1.29, 1.82) is 0 Å². The number of hydrogen-bond acceptors (Lipinski definition) is 5. The summed E-state index contributed by atoms with van der Waals surface area (Å²) >= 11 is 1.53.